The van der Waals surface area contributed by atoms with Gasteiger partial charge < -0.3 is 15.2 Å². The second-order valence-electron chi connectivity index (χ2n) is 7.66. The summed E-state index contributed by atoms with van der Waals surface area (Å²) in [5, 5.41) is 1.29. The normalized spacial score (nSPS) is 11.1. The van der Waals surface area contributed by atoms with Crippen molar-refractivity contribution in [2.24, 2.45) is 0 Å². The van der Waals surface area contributed by atoms with E-state index >= 15 is 0 Å². The maximum absolute atomic E-state index is 6.42. The summed E-state index contributed by atoms with van der Waals surface area (Å²) in [6.45, 7) is 2.07. The van der Waals surface area contributed by atoms with Gasteiger partial charge >= 0.3 is 0 Å². The number of fused-ring (bicyclic) bond motifs is 1. The predicted octanol–water partition coefficient (Wildman–Crippen LogP) is 6.65. The summed E-state index contributed by atoms with van der Waals surface area (Å²) in [6, 6.07) is 17.6. The first-order valence-corrected chi connectivity index (χ1v) is 11.7. The topological polar surface area (TPSA) is 83.2 Å². The Balaban J connectivity index is 1.98. The van der Waals surface area contributed by atoms with Crippen LogP contribution in [0, 0.1) is 6.92 Å². The van der Waals surface area contributed by atoms with Crippen molar-refractivity contribution in [3.63, 3.8) is 0 Å². The number of pyridine rings is 1. The van der Waals surface area contributed by atoms with E-state index in [2.05, 4.69) is 29.0 Å². The van der Waals surface area contributed by atoms with E-state index in [4.69, 9.17) is 31.8 Å². The maximum atomic E-state index is 6.42. The molecule has 0 spiro atoms. The van der Waals surface area contributed by atoms with E-state index < -0.39 is 0 Å². The van der Waals surface area contributed by atoms with Crippen molar-refractivity contribution in [1.29, 1.82) is 0 Å². The van der Waals surface area contributed by atoms with Crippen LogP contribution in [0.5, 0.6) is 11.5 Å². The fourth-order valence-corrected chi connectivity index (χ4v) is 5.12. The molecule has 8 heteroatoms. The summed E-state index contributed by atoms with van der Waals surface area (Å²) in [4.78, 5) is 15.9. The molecule has 0 bridgehead atoms. The highest BCUT2D eigenvalue weighted by molar-refractivity contribution is 7.15. The van der Waals surface area contributed by atoms with Crippen LogP contribution in [0.2, 0.25) is 5.02 Å². The number of thiophene rings is 1. The molecular weight excluding hydrogens is 468 g/mol. The number of aromatic nitrogens is 3. The smallest absolute Gasteiger partial charge is 0.165 e. The first-order chi connectivity index (χ1) is 16.5. The number of hydrogen-bond acceptors (Lipinski definition) is 7. The molecule has 0 radical (unpaired) electrons. The molecule has 0 atom stereocenters. The number of rotatable bonds is 5. The van der Waals surface area contributed by atoms with Gasteiger partial charge in [0.15, 0.2) is 17.1 Å². The molecule has 0 fully saturated rings. The van der Waals surface area contributed by atoms with Crippen molar-refractivity contribution in [2.75, 3.05) is 20.0 Å². The molecule has 5 aromatic rings. The molecule has 2 N–H and O–H groups in total. The number of halogens is 1. The summed E-state index contributed by atoms with van der Waals surface area (Å²) < 4.78 is 11.1. The molecule has 170 valence electrons. The first-order valence-electron chi connectivity index (χ1n) is 10.5. The van der Waals surface area contributed by atoms with Crippen LogP contribution in [0.3, 0.4) is 0 Å². The third kappa shape index (κ3) is 3.83. The number of anilines is 1. The summed E-state index contributed by atoms with van der Waals surface area (Å²) in [6.07, 6.45) is 1.44. The predicted molar refractivity (Wildman–Crippen MR) is 139 cm³/mol. The third-order valence-corrected chi connectivity index (χ3v) is 6.81. The van der Waals surface area contributed by atoms with Crippen molar-refractivity contribution < 1.29 is 9.47 Å². The van der Waals surface area contributed by atoms with Gasteiger partial charge in [-0.1, -0.05) is 29.8 Å². The zero-order chi connectivity index (χ0) is 23.8. The van der Waals surface area contributed by atoms with E-state index in [0.29, 0.717) is 33.4 Å². The van der Waals surface area contributed by atoms with Crippen LogP contribution in [0.25, 0.3) is 43.9 Å². The SMILES string of the molecule is COc1ccc(-c2c(-c3ccc(C)s3)nc3ncnc(N)c3c2-c2cccc(Cl)c2)cc1OC. The lowest BCUT2D eigenvalue weighted by Crippen LogP contribution is -2.02. The molecule has 0 amide bonds. The van der Waals surface area contributed by atoms with Crippen molar-refractivity contribution >= 4 is 39.8 Å². The molecule has 0 aliphatic rings. The molecule has 34 heavy (non-hydrogen) atoms. The average Bonchev–Trinajstić information content (AvgIpc) is 3.28. The molecule has 6 nitrogen and oxygen atoms in total. The fraction of sp³-hybridized carbons (Fsp3) is 0.115. The number of benzene rings is 2. The lowest BCUT2D eigenvalue weighted by molar-refractivity contribution is 0.355. The van der Waals surface area contributed by atoms with Gasteiger partial charge in [-0.25, -0.2) is 15.0 Å². The summed E-state index contributed by atoms with van der Waals surface area (Å²) in [7, 11) is 3.23. The number of ether oxygens (including phenoxy) is 2. The Hall–Kier alpha value is -3.68. The van der Waals surface area contributed by atoms with Gasteiger partial charge in [0.2, 0.25) is 0 Å². The van der Waals surface area contributed by atoms with Crippen LogP contribution in [-0.4, -0.2) is 29.2 Å². The van der Waals surface area contributed by atoms with Crippen molar-refractivity contribution in [3.05, 3.63) is 70.8 Å². The number of hydrogen-bond donors (Lipinski definition) is 1. The number of nitrogens with zero attached hydrogens (tertiary/aromatic N) is 3. The van der Waals surface area contributed by atoms with Gasteiger partial charge in [-0.2, -0.15) is 0 Å². The van der Waals surface area contributed by atoms with Gasteiger partial charge in [-0.3, -0.25) is 0 Å². The molecule has 5 rings (SSSR count). The number of nitrogens with two attached hydrogens (primary N) is 1. The van der Waals surface area contributed by atoms with Gasteiger partial charge in [0.05, 0.1) is 30.2 Å². The zero-order valence-electron chi connectivity index (χ0n) is 18.8. The second-order valence-corrected chi connectivity index (χ2v) is 9.38. The highest BCUT2D eigenvalue weighted by Crippen LogP contribution is 2.47. The minimum Gasteiger partial charge on any atom is -0.493 e. The minimum atomic E-state index is 0.350. The molecule has 0 aliphatic heterocycles. The van der Waals surface area contributed by atoms with Crippen LogP contribution < -0.4 is 15.2 Å². The minimum absolute atomic E-state index is 0.350. The Labute approximate surface area is 206 Å². The second kappa shape index (κ2) is 8.93. The molecule has 0 unspecified atom stereocenters. The molecule has 3 heterocycles. The van der Waals surface area contributed by atoms with Gasteiger partial charge in [0, 0.05) is 21.0 Å². The quantitative estimate of drug-likeness (QED) is 0.298. The van der Waals surface area contributed by atoms with Gasteiger partial charge in [0.1, 0.15) is 12.1 Å². The van der Waals surface area contributed by atoms with E-state index in [-0.39, 0.29) is 0 Å². The highest BCUT2D eigenvalue weighted by Gasteiger charge is 2.24. The van der Waals surface area contributed by atoms with Crippen LogP contribution >= 0.6 is 22.9 Å². The first kappa shape index (κ1) is 22.1. The van der Waals surface area contributed by atoms with Gasteiger partial charge in [0.25, 0.3) is 0 Å². The van der Waals surface area contributed by atoms with Crippen LogP contribution in [-0.2, 0) is 0 Å². The number of nitrogen functional groups attached to an aromatic ring is 1. The number of aryl methyl sites for hydroxylation is 1. The van der Waals surface area contributed by atoms with E-state index in [1.165, 1.54) is 11.2 Å². The molecular formula is C26H21ClN4O2S. The van der Waals surface area contributed by atoms with Crippen molar-refractivity contribution in [1.82, 2.24) is 15.0 Å². The lowest BCUT2D eigenvalue weighted by Gasteiger charge is -2.19. The molecule has 0 aliphatic carbocycles. The highest BCUT2D eigenvalue weighted by atomic mass is 35.5. The average molecular weight is 489 g/mol. The monoisotopic (exact) mass is 488 g/mol. The van der Waals surface area contributed by atoms with Crippen LogP contribution in [0.1, 0.15) is 4.88 Å². The number of methoxy groups -OCH3 is 2. The zero-order valence-corrected chi connectivity index (χ0v) is 20.4. The largest absolute Gasteiger partial charge is 0.493 e. The van der Waals surface area contributed by atoms with Crippen LogP contribution in [0.15, 0.2) is 60.9 Å². The lowest BCUT2D eigenvalue weighted by atomic mass is 9.90. The van der Waals surface area contributed by atoms with Crippen LogP contribution in [0.4, 0.5) is 5.82 Å². The summed E-state index contributed by atoms with van der Waals surface area (Å²) >= 11 is 8.09. The Morgan fingerprint density at radius 3 is 2.38 bits per heavy atom. The standard InChI is InChI=1S/C26H21ClN4O2S/c1-14-7-10-20(34-14)24-22(16-8-9-18(32-2)19(12-16)33-3)21(15-5-4-6-17(27)11-15)23-25(28)29-13-30-26(23)31-24/h4-13H,1-3H3,(H2,28,29,30,31). The molecule has 0 saturated carbocycles. The summed E-state index contributed by atoms with van der Waals surface area (Å²) in [5.41, 5.74) is 11.3. The van der Waals surface area contributed by atoms with E-state index in [1.54, 1.807) is 25.6 Å². The Kier molecular flexibility index (Phi) is 5.81. The molecule has 3 aromatic heterocycles. The fourth-order valence-electron chi connectivity index (χ4n) is 4.06. The van der Waals surface area contributed by atoms with E-state index in [0.717, 1.165) is 32.8 Å². The molecule has 0 saturated heterocycles. The van der Waals surface area contributed by atoms with Gasteiger partial charge in [-0.05, 0) is 54.4 Å². The van der Waals surface area contributed by atoms with E-state index in [9.17, 15) is 0 Å². The summed E-state index contributed by atoms with van der Waals surface area (Å²) in [5.74, 6) is 1.60. The third-order valence-electron chi connectivity index (χ3n) is 5.57. The molecule has 2 aromatic carbocycles. The van der Waals surface area contributed by atoms with Crippen molar-refractivity contribution in [3.8, 4) is 44.3 Å². The van der Waals surface area contributed by atoms with Gasteiger partial charge in [-0.15, -0.1) is 11.3 Å². The maximum Gasteiger partial charge on any atom is 0.165 e. The van der Waals surface area contributed by atoms with Crippen molar-refractivity contribution in [2.45, 2.75) is 6.92 Å². The van der Waals surface area contributed by atoms with E-state index in [1.807, 2.05) is 42.5 Å². The Morgan fingerprint density at radius 2 is 1.68 bits per heavy atom. The Morgan fingerprint density at radius 1 is 0.882 bits per heavy atom. The Bertz CT molecular complexity index is 1530.